The highest BCUT2D eigenvalue weighted by Gasteiger charge is 2.06. The lowest BCUT2D eigenvalue weighted by Crippen LogP contribution is -2.32. The SMILES string of the molecule is COC(=O)CCNCC(O)COc1cccc(Br)c1. The summed E-state index contributed by atoms with van der Waals surface area (Å²) in [6, 6.07) is 7.41. The standard InChI is InChI=1S/C13H18BrNO4/c1-18-13(17)5-6-15-8-11(16)9-19-12-4-2-3-10(14)7-12/h2-4,7,11,15-16H,5-6,8-9H2,1H3. The topological polar surface area (TPSA) is 67.8 Å². The Balaban J connectivity index is 2.14. The van der Waals surface area contributed by atoms with Gasteiger partial charge in [0.05, 0.1) is 13.5 Å². The van der Waals surface area contributed by atoms with Gasteiger partial charge in [0.25, 0.3) is 0 Å². The number of aliphatic hydroxyl groups excluding tert-OH is 1. The lowest BCUT2D eigenvalue weighted by molar-refractivity contribution is -0.140. The summed E-state index contributed by atoms with van der Waals surface area (Å²) in [7, 11) is 1.35. The molecule has 0 fully saturated rings. The Hall–Kier alpha value is -1.11. The Morgan fingerprint density at radius 3 is 3.00 bits per heavy atom. The summed E-state index contributed by atoms with van der Waals surface area (Å²) in [5.41, 5.74) is 0. The van der Waals surface area contributed by atoms with E-state index < -0.39 is 6.10 Å². The zero-order valence-electron chi connectivity index (χ0n) is 10.8. The molecule has 6 heteroatoms. The molecule has 1 unspecified atom stereocenters. The average Bonchev–Trinajstić information content (AvgIpc) is 2.41. The monoisotopic (exact) mass is 331 g/mol. The molecule has 0 aliphatic rings. The second-order valence-electron chi connectivity index (χ2n) is 3.95. The van der Waals surface area contributed by atoms with Gasteiger partial charge in [-0.2, -0.15) is 0 Å². The summed E-state index contributed by atoms with van der Waals surface area (Å²) in [6.45, 7) is 1.04. The van der Waals surface area contributed by atoms with Crippen LogP contribution in [0.5, 0.6) is 5.75 Å². The minimum Gasteiger partial charge on any atom is -0.491 e. The molecular weight excluding hydrogens is 314 g/mol. The van der Waals surface area contributed by atoms with E-state index in [4.69, 9.17) is 4.74 Å². The third kappa shape index (κ3) is 7.15. The smallest absolute Gasteiger partial charge is 0.306 e. The van der Waals surface area contributed by atoms with Crippen LogP contribution in [0.3, 0.4) is 0 Å². The van der Waals surface area contributed by atoms with Crippen molar-refractivity contribution in [1.29, 1.82) is 0 Å². The van der Waals surface area contributed by atoms with E-state index >= 15 is 0 Å². The Labute approximate surface area is 121 Å². The molecule has 0 aliphatic carbocycles. The van der Waals surface area contributed by atoms with Crippen LogP contribution in [0.1, 0.15) is 6.42 Å². The first-order valence-electron chi connectivity index (χ1n) is 5.96. The molecular formula is C13H18BrNO4. The molecule has 1 atom stereocenters. The normalized spacial score (nSPS) is 11.9. The van der Waals surface area contributed by atoms with Crippen LogP contribution in [-0.4, -0.2) is 44.0 Å². The van der Waals surface area contributed by atoms with Crippen molar-refractivity contribution in [2.24, 2.45) is 0 Å². The van der Waals surface area contributed by atoms with Crippen LogP contribution < -0.4 is 10.1 Å². The molecule has 1 aromatic carbocycles. The van der Waals surface area contributed by atoms with Crippen molar-refractivity contribution < 1.29 is 19.4 Å². The molecule has 0 aliphatic heterocycles. The predicted octanol–water partition coefficient (Wildman–Crippen LogP) is 1.34. The van der Waals surface area contributed by atoms with E-state index in [1.54, 1.807) is 0 Å². The van der Waals surface area contributed by atoms with Crippen LogP contribution in [0.4, 0.5) is 0 Å². The molecule has 5 nitrogen and oxygen atoms in total. The van der Waals surface area contributed by atoms with Crippen molar-refractivity contribution in [3.63, 3.8) is 0 Å². The van der Waals surface area contributed by atoms with E-state index in [0.29, 0.717) is 18.8 Å². The maximum Gasteiger partial charge on any atom is 0.306 e. The van der Waals surface area contributed by atoms with Gasteiger partial charge in [0, 0.05) is 17.6 Å². The van der Waals surface area contributed by atoms with E-state index in [0.717, 1.165) is 4.47 Å². The van der Waals surface area contributed by atoms with E-state index in [1.165, 1.54) is 7.11 Å². The van der Waals surface area contributed by atoms with Gasteiger partial charge in [0.2, 0.25) is 0 Å². The highest BCUT2D eigenvalue weighted by Crippen LogP contribution is 2.17. The molecule has 0 aromatic heterocycles. The summed E-state index contributed by atoms with van der Waals surface area (Å²) in [4.78, 5) is 10.8. The van der Waals surface area contributed by atoms with Crippen molar-refractivity contribution in [3.8, 4) is 5.75 Å². The number of nitrogens with one attached hydrogen (secondary N) is 1. The zero-order valence-corrected chi connectivity index (χ0v) is 12.4. The molecule has 0 amide bonds. The minimum absolute atomic E-state index is 0.196. The number of ether oxygens (including phenoxy) is 2. The molecule has 106 valence electrons. The minimum atomic E-state index is -0.628. The van der Waals surface area contributed by atoms with Gasteiger partial charge in [0.15, 0.2) is 0 Å². The lowest BCUT2D eigenvalue weighted by Gasteiger charge is -2.13. The Kier molecular flexibility index (Phi) is 7.47. The van der Waals surface area contributed by atoms with Crippen LogP contribution in [0.2, 0.25) is 0 Å². The number of hydrogen-bond acceptors (Lipinski definition) is 5. The molecule has 1 rings (SSSR count). The summed E-state index contributed by atoms with van der Waals surface area (Å²) < 4.78 is 10.9. The van der Waals surface area contributed by atoms with E-state index in [1.807, 2.05) is 24.3 Å². The van der Waals surface area contributed by atoms with Gasteiger partial charge in [0.1, 0.15) is 18.5 Å². The highest BCUT2D eigenvalue weighted by molar-refractivity contribution is 9.10. The van der Waals surface area contributed by atoms with Gasteiger partial charge in [-0.3, -0.25) is 4.79 Å². The Morgan fingerprint density at radius 2 is 2.32 bits per heavy atom. The van der Waals surface area contributed by atoms with Gasteiger partial charge in [-0.05, 0) is 18.2 Å². The Bertz CT molecular complexity index is 400. The maximum absolute atomic E-state index is 10.8. The van der Waals surface area contributed by atoms with Gasteiger partial charge in [-0.1, -0.05) is 22.0 Å². The van der Waals surface area contributed by atoms with E-state index in [9.17, 15) is 9.90 Å². The predicted molar refractivity (Wildman–Crippen MR) is 75.1 cm³/mol. The van der Waals surface area contributed by atoms with Crippen LogP contribution in [0.25, 0.3) is 0 Å². The van der Waals surface area contributed by atoms with Crippen molar-refractivity contribution in [2.75, 3.05) is 26.8 Å². The second-order valence-corrected chi connectivity index (χ2v) is 4.87. The molecule has 0 heterocycles. The fraction of sp³-hybridized carbons (Fsp3) is 0.462. The molecule has 0 saturated heterocycles. The maximum atomic E-state index is 10.8. The summed E-state index contributed by atoms with van der Waals surface area (Å²) in [5, 5.41) is 12.6. The first-order valence-corrected chi connectivity index (χ1v) is 6.75. The second kappa shape index (κ2) is 8.90. The first-order chi connectivity index (χ1) is 9.11. The fourth-order valence-corrected chi connectivity index (χ4v) is 1.75. The van der Waals surface area contributed by atoms with Crippen molar-refractivity contribution >= 4 is 21.9 Å². The van der Waals surface area contributed by atoms with Crippen molar-refractivity contribution in [2.45, 2.75) is 12.5 Å². The third-order valence-electron chi connectivity index (χ3n) is 2.35. The summed E-state index contributed by atoms with van der Waals surface area (Å²) >= 11 is 3.34. The number of rotatable bonds is 8. The Morgan fingerprint density at radius 1 is 1.53 bits per heavy atom. The third-order valence-corrected chi connectivity index (χ3v) is 2.85. The quantitative estimate of drug-likeness (QED) is 0.556. The zero-order chi connectivity index (χ0) is 14.1. The van der Waals surface area contributed by atoms with Gasteiger partial charge in [-0.15, -0.1) is 0 Å². The number of halogens is 1. The van der Waals surface area contributed by atoms with E-state index in [-0.39, 0.29) is 19.0 Å². The first kappa shape index (κ1) is 15.9. The molecule has 19 heavy (non-hydrogen) atoms. The van der Waals surface area contributed by atoms with Gasteiger partial charge < -0.3 is 19.9 Å². The largest absolute Gasteiger partial charge is 0.491 e. The molecule has 0 bridgehead atoms. The molecule has 1 aromatic rings. The molecule has 0 radical (unpaired) electrons. The van der Waals surface area contributed by atoms with Crippen LogP contribution >= 0.6 is 15.9 Å². The number of benzene rings is 1. The number of aliphatic hydroxyl groups is 1. The molecule has 0 saturated carbocycles. The number of carbonyl (C=O) groups excluding carboxylic acids is 1. The highest BCUT2D eigenvalue weighted by atomic mass is 79.9. The molecule has 2 N–H and O–H groups in total. The van der Waals surface area contributed by atoms with Crippen LogP contribution in [-0.2, 0) is 9.53 Å². The average molecular weight is 332 g/mol. The number of hydrogen-bond donors (Lipinski definition) is 2. The van der Waals surface area contributed by atoms with Crippen LogP contribution in [0.15, 0.2) is 28.7 Å². The fourth-order valence-electron chi connectivity index (χ4n) is 1.37. The number of carbonyl (C=O) groups is 1. The molecule has 0 spiro atoms. The lowest BCUT2D eigenvalue weighted by atomic mass is 10.3. The van der Waals surface area contributed by atoms with Crippen LogP contribution in [0, 0.1) is 0 Å². The van der Waals surface area contributed by atoms with Gasteiger partial charge in [-0.25, -0.2) is 0 Å². The van der Waals surface area contributed by atoms with Crippen molar-refractivity contribution in [1.82, 2.24) is 5.32 Å². The summed E-state index contributed by atoms with van der Waals surface area (Å²) in [5.74, 6) is 0.426. The summed E-state index contributed by atoms with van der Waals surface area (Å²) in [6.07, 6.45) is -0.341. The van der Waals surface area contributed by atoms with E-state index in [2.05, 4.69) is 26.0 Å². The number of esters is 1. The van der Waals surface area contributed by atoms with Gasteiger partial charge >= 0.3 is 5.97 Å². The number of methoxy groups -OCH3 is 1. The van der Waals surface area contributed by atoms with Crippen molar-refractivity contribution in [3.05, 3.63) is 28.7 Å².